The third-order valence-corrected chi connectivity index (χ3v) is 4.92. The van der Waals surface area contributed by atoms with Gasteiger partial charge in [-0.05, 0) is 77.4 Å². The van der Waals surface area contributed by atoms with Gasteiger partial charge in [-0.25, -0.2) is 4.98 Å². The molecule has 0 atom stereocenters. The van der Waals surface area contributed by atoms with Gasteiger partial charge in [0.05, 0.1) is 11.1 Å². The van der Waals surface area contributed by atoms with Crippen LogP contribution in [0.5, 0.6) is 5.75 Å². The highest BCUT2D eigenvalue weighted by atomic mass is 19.4. The van der Waals surface area contributed by atoms with E-state index in [9.17, 15) is 18.0 Å². The highest BCUT2D eigenvalue weighted by molar-refractivity contribution is 5.76. The number of halogens is 3. The number of aromatic amines is 1. The molecule has 182 valence electrons. The Bertz CT molecular complexity index is 1160. The zero-order chi connectivity index (χ0) is 25.3. The summed E-state index contributed by atoms with van der Waals surface area (Å²) in [4.78, 5) is 22.9. The van der Waals surface area contributed by atoms with Gasteiger partial charge in [-0.2, -0.15) is 13.2 Å². The average Bonchev–Trinajstić information content (AvgIpc) is 3.22. The normalized spacial score (nSPS) is 12.5. The van der Waals surface area contributed by atoms with Gasteiger partial charge in [-0.1, -0.05) is 0 Å². The number of rotatable bonds is 6. The standard InChI is InChI=1S/C25H28F3N3O3/c1-15-11-16(8-10-19(15)33-14-24(5,6)22(32)34-23(2,3)4)18-9-7-17(12-29-18)21-30-13-20(31-21)25(26,27)28/h7-13H,14H2,1-6H3,(H,30,31). The maximum atomic E-state index is 12.8. The molecule has 0 bridgehead atoms. The van der Waals surface area contributed by atoms with E-state index in [1.807, 2.05) is 39.8 Å². The quantitative estimate of drug-likeness (QED) is 0.429. The van der Waals surface area contributed by atoms with Crippen LogP contribution < -0.4 is 4.74 Å². The lowest BCUT2D eigenvalue weighted by molar-refractivity contribution is -0.167. The first-order valence-corrected chi connectivity index (χ1v) is 10.7. The van der Waals surface area contributed by atoms with Crippen molar-refractivity contribution in [1.29, 1.82) is 0 Å². The Balaban J connectivity index is 1.70. The first-order chi connectivity index (χ1) is 15.7. The number of pyridine rings is 1. The molecule has 1 aromatic carbocycles. The van der Waals surface area contributed by atoms with Crippen LogP contribution in [-0.4, -0.2) is 33.1 Å². The zero-order valence-corrected chi connectivity index (χ0v) is 20.0. The number of nitrogens with one attached hydrogen (secondary N) is 1. The molecule has 0 amide bonds. The van der Waals surface area contributed by atoms with Crippen LogP contribution in [0.1, 0.15) is 45.9 Å². The molecule has 0 unspecified atom stereocenters. The van der Waals surface area contributed by atoms with Crippen LogP contribution >= 0.6 is 0 Å². The van der Waals surface area contributed by atoms with Crippen molar-refractivity contribution in [3.8, 4) is 28.4 Å². The number of nitrogens with zero attached hydrogens (tertiary/aromatic N) is 2. The summed E-state index contributed by atoms with van der Waals surface area (Å²) in [7, 11) is 0. The van der Waals surface area contributed by atoms with E-state index < -0.39 is 22.9 Å². The molecular formula is C25H28F3N3O3. The molecule has 6 nitrogen and oxygen atoms in total. The zero-order valence-electron chi connectivity index (χ0n) is 20.0. The van der Waals surface area contributed by atoms with Crippen molar-refractivity contribution >= 4 is 5.97 Å². The lowest BCUT2D eigenvalue weighted by atomic mass is 9.94. The van der Waals surface area contributed by atoms with Crippen LogP contribution in [0.2, 0.25) is 0 Å². The Hall–Kier alpha value is -3.36. The first kappa shape index (κ1) is 25.3. The van der Waals surface area contributed by atoms with Crippen molar-refractivity contribution in [3.05, 3.63) is 54.0 Å². The van der Waals surface area contributed by atoms with E-state index in [0.29, 0.717) is 17.0 Å². The number of ether oxygens (including phenoxy) is 2. The van der Waals surface area contributed by atoms with Gasteiger partial charge in [0.15, 0.2) is 5.69 Å². The van der Waals surface area contributed by atoms with Gasteiger partial charge in [0.2, 0.25) is 0 Å². The van der Waals surface area contributed by atoms with Crippen LogP contribution in [0.4, 0.5) is 13.2 Å². The van der Waals surface area contributed by atoms with Gasteiger partial charge in [0, 0.05) is 23.5 Å². The summed E-state index contributed by atoms with van der Waals surface area (Å²) < 4.78 is 49.7. The number of alkyl halides is 3. The summed E-state index contributed by atoms with van der Waals surface area (Å²) in [5, 5.41) is 0. The minimum absolute atomic E-state index is 0.0962. The minimum Gasteiger partial charge on any atom is -0.492 e. The van der Waals surface area contributed by atoms with Crippen molar-refractivity contribution in [2.24, 2.45) is 5.41 Å². The van der Waals surface area contributed by atoms with Gasteiger partial charge >= 0.3 is 12.1 Å². The van der Waals surface area contributed by atoms with E-state index in [4.69, 9.17) is 9.47 Å². The molecule has 0 spiro atoms. The summed E-state index contributed by atoms with van der Waals surface area (Å²) in [5.41, 5.74) is 0.380. The molecule has 0 aliphatic heterocycles. The van der Waals surface area contributed by atoms with Gasteiger partial charge in [0.25, 0.3) is 0 Å². The lowest BCUT2D eigenvalue weighted by Crippen LogP contribution is -2.37. The number of aryl methyl sites for hydroxylation is 1. The van der Waals surface area contributed by atoms with Crippen LogP contribution in [-0.2, 0) is 15.7 Å². The monoisotopic (exact) mass is 475 g/mol. The predicted octanol–water partition coefficient (Wildman–Crippen LogP) is 6.21. The van der Waals surface area contributed by atoms with E-state index in [0.717, 1.165) is 17.3 Å². The van der Waals surface area contributed by atoms with E-state index in [1.165, 1.54) is 6.20 Å². The van der Waals surface area contributed by atoms with E-state index in [-0.39, 0.29) is 18.4 Å². The van der Waals surface area contributed by atoms with Crippen LogP contribution in [0.3, 0.4) is 0 Å². The third-order valence-electron chi connectivity index (χ3n) is 4.92. The molecule has 3 rings (SSSR count). The summed E-state index contributed by atoms with van der Waals surface area (Å²) in [5.74, 6) is 0.392. The van der Waals surface area contributed by atoms with Crippen LogP contribution in [0, 0.1) is 12.3 Å². The van der Waals surface area contributed by atoms with Crippen molar-refractivity contribution in [2.45, 2.75) is 53.3 Å². The number of esters is 1. The van der Waals surface area contributed by atoms with E-state index in [2.05, 4.69) is 15.0 Å². The Kier molecular flexibility index (Phi) is 6.78. The molecule has 1 N–H and O–H groups in total. The summed E-state index contributed by atoms with van der Waals surface area (Å²) >= 11 is 0. The number of imidazole rings is 1. The molecule has 2 heterocycles. The highest BCUT2D eigenvalue weighted by Crippen LogP contribution is 2.31. The predicted molar refractivity (Wildman–Crippen MR) is 122 cm³/mol. The van der Waals surface area contributed by atoms with Gasteiger partial charge in [0.1, 0.15) is 23.8 Å². The molecule has 3 aromatic rings. The fourth-order valence-electron chi connectivity index (χ4n) is 3.02. The van der Waals surface area contributed by atoms with Crippen LogP contribution in [0.25, 0.3) is 22.6 Å². The van der Waals surface area contributed by atoms with Crippen molar-refractivity contribution in [2.75, 3.05) is 6.61 Å². The minimum atomic E-state index is -4.51. The maximum Gasteiger partial charge on any atom is 0.434 e. The maximum absolute atomic E-state index is 12.8. The topological polar surface area (TPSA) is 77.1 Å². The SMILES string of the molecule is Cc1cc(-c2ccc(-c3nc(C(F)(F)F)c[nH]3)cn2)ccc1OCC(C)(C)C(=O)OC(C)(C)C. The van der Waals surface area contributed by atoms with E-state index >= 15 is 0 Å². The van der Waals surface area contributed by atoms with Crippen molar-refractivity contribution < 1.29 is 27.4 Å². The molecule has 0 fully saturated rings. The molecule has 2 aromatic heterocycles. The number of hydrogen-bond acceptors (Lipinski definition) is 5. The molecule has 0 radical (unpaired) electrons. The summed E-state index contributed by atoms with van der Waals surface area (Å²) in [6.45, 7) is 11.0. The fourth-order valence-corrected chi connectivity index (χ4v) is 3.02. The fraction of sp³-hybridized carbons (Fsp3) is 0.400. The lowest BCUT2D eigenvalue weighted by Gasteiger charge is -2.28. The molecule has 0 saturated heterocycles. The number of H-pyrrole nitrogens is 1. The number of carbonyl (C=O) groups excluding carboxylic acids is 1. The summed E-state index contributed by atoms with van der Waals surface area (Å²) in [6.07, 6.45) is -2.21. The number of aromatic nitrogens is 3. The Morgan fingerprint density at radius 1 is 1.03 bits per heavy atom. The largest absolute Gasteiger partial charge is 0.492 e. The molecule has 0 aliphatic carbocycles. The number of carbonyl (C=O) groups is 1. The Morgan fingerprint density at radius 2 is 1.71 bits per heavy atom. The molecular weight excluding hydrogens is 447 g/mol. The second-order valence-corrected chi connectivity index (χ2v) is 9.72. The van der Waals surface area contributed by atoms with Gasteiger partial charge in [-0.3, -0.25) is 9.78 Å². The number of benzene rings is 1. The second kappa shape index (κ2) is 9.12. The van der Waals surface area contributed by atoms with Crippen molar-refractivity contribution in [1.82, 2.24) is 15.0 Å². The Morgan fingerprint density at radius 3 is 2.24 bits per heavy atom. The molecule has 34 heavy (non-hydrogen) atoms. The smallest absolute Gasteiger partial charge is 0.434 e. The van der Waals surface area contributed by atoms with Crippen molar-refractivity contribution in [3.63, 3.8) is 0 Å². The molecule has 0 saturated carbocycles. The summed E-state index contributed by atoms with van der Waals surface area (Å²) in [6, 6.07) is 8.90. The molecule has 9 heteroatoms. The highest BCUT2D eigenvalue weighted by Gasteiger charge is 2.34. The van der Waals surface area contributed by atoms with Gasteiger partial charge < -0.3 is 14.5 Å². The van der Waals surface area contributed by atoms with Gasteiger partial charge in [-0.15, -0.1) is 0 Å². The number of hydrogen-bond donors (Lipinski definition) is 1. The molecule has 0 aliphatic rings. The van der Waals surface area contributed by atoms with Crippen LogP contribution in [0.15, 0.2) is 42.7 Å². The first-order valence-electron chi connectivity index (χ1n) is 10.7. The second-order valence-electron chi connectivity index (χ2n) is 9.72. The third kappa shape index (κ3) is 6.15. The Labute approximate surface area is 196 Å². The van der Waals surface area contributed by atoms with E-state index in [1.54, 1.807) is 32.0 Å². The average molecular weight is 476 g/mol.